The molecule has 0 N–H and O–H groups in total. The summed E-state index contributed by atoms with van der Waals surface area (Å²) in [5.74, 6) is 0.0798. The molecule has 0 bridgehead atoms. The topological polar surface area (TPSA) is 61.8 Å². The summed E-state index contributed by atoms with van der Waals surface area (Å²) in [4.78, 5) is 23.0. The van der Waals surface area contributed by atoms with E-state index in [1.54, 1.807) is 30.3 Å². The first-order valence-electron chi connectivity index (χ1n) is 6.65. The van der Waals surface area contributed by atoms with Crippen LogP contribution < -0.4 is 9.47 Å². The van der Waals surface area contributed by atoms with Crippen molar-refractivity contribution in [1.29, 1.82) is 0 Å². The number of methoxy groups -OCH3 is 1. The highest BCUT2D eigenvalue weighted by Gasteiger charge is 2.10. The summed E-state index contributed by atoms with van der Waals surface area (Å²) in [6.45, 7) is 4.06. The van der Waals surface area contributed by atoms with E-state index >= 15 is 0 Å². The Hall–Kier alpha value is -2.30. The molecule has 114 valence electrons. The van der Waals surface area contributed by atoms with E-state index in [0.717, 1.165) is 5.57 Å². The van der Waals surface area contributed by atoms with E-state index in [0.29, 0.717) is 11.5 Å². The molecule has 0 radical (unpaired) electrons. The van der Waals surface area contributed by atoms with Crippen LogP contribution in [-0.4, -0.2) is 25.7 Å². The molecule has 0 heterocycles. The van der Waals surface area contributed by atoms with Crippen LogP contribution in [0.15, 0.2) is 35.9 Å². The zero-order chi connectivity index (χ0) is 15.7. The van der Waals surface area contributed by atoms with Gasteiger partial charge in [-0.1, -0.05) is 11.6 Å². The predicted molar refractivity (Wildman–Crippen MR) is 78.3 cm³/mol. The lowest BCUT2D eigenvalue weighted by molar-refractivity contribution is -0.146. The van der Waals surface area contributed by atoms with Gasteiger partial charge in [-0.25, -0.2) is 0 Å². The molecule has 0 unspecified atom stereocenters. The SMILES string of the molecule is COc1cccc(OC(=O)CCC(=O)OCC=C(C)C)c1. The van der Waals surface area contributed by atoms with Gasteiger partial charge >= 0.3 is 11.9 Å². The van der Waals surface area contributed by atoms with Crippen molar-refractivity contribution in [1.82, 2.24) is 0 Å². The largest absolute Gasteiger partial charge is 0.497 e. The Morgan fingerprint density at radius 3 is 2.43 bits per heavy atom. The highest BCUT2D eigenvalue weighted by Crippen LogP contribution is 2.19. The molecule has 0 aliphatic rings. The van der Waals surface area contributed by atoms with Gasteiger partial charge in [-0.15, -0.1) is 0 Å². The number of hydrogen-bond acceptors (Lipinski definition) is 5. The van der Waals surface area contributed by atoms with E-state index in [-0.39, 0.29) is 19.4 Å². The summed E-state index contributed by atoms with van der Waals surface area (Å²) in [6, 6.07) is 6.71. The summed E-state index contributed by atoms with van der Waals surface area (Å²) < 4.78 is 15.1. The van der Waals surface area contributed by atoms with E-state index in [9.17, 15) is 9.59 Å². The molecular weight excluding hydrogens is 272 g/mol. The summed E-state index contributed by atoms with van der Waals surface area (Å²) in [5.41, 5.74) is 1.07. The molecule has 0 aliphatic heterocycles. The molecule has 0 atom stereocenters. The van der Waals surface area contributed by atoms with Crippen molar-refractivity contribution in [2.45, 2.75) is 26.7 Å². The van der Waals surface area contributed by atoms with Crippen LogP contribution >= 0.6 is 0 Å². The van der Waals surface area contributed by atoms with Gasteiger partial charge in [-0.05, 0) is 32.1 Å². The van der Waals surface area contributed by atoms with Crippen molar-refractivity contribution < 1.29 is 23.8 Å². The predicted octanol–water partition coefficient (Wildman–Crippen LogP) is 2.89. The first-order chi connectivity index (χ1) is 10.0. The van der Waals surface area contributed by atoms with Crippen LogP contribution in [0.5, 0.6) is 11.5 Å². The molecule has 5 nitrogen and oxygen atoms in total. The van der Waals surface area contributed by atoms with Crippen molar-refractivity contribution in [3.05, 3.63) is 35.9 Å². The molecule has 0 spiro atoms. The third kappa shape index (κ3) is 7.15. The third-order valence-corrected chi connectivity index (χ3v) is 2.54. The maximum atomic E-state index is 11.6. The molecule has 0 saturated heterocycles. The Kier molecular flexibility index (Phi) is 7.01. The Labute approximate surface area is 124 Å². The van der Waals surface area contributed by atoms with Gasteiger partial charge in [0.1, 0.15) is 18.1 Å². The molecule has 0 fully saturated rings. The number of hydrogen-bond donors (Lipinski definition) is 0. The number of rotatable bonds is 7. The van der Waals surface area contributed by atoms with E-state index in [1.165, 1.54) is 7.11 Å². The summed E-state index contributed by atoms with van der Waals surface area (Å²) >= 11 is 0. The van der Waals surface area contributed by atoms with Crippen LogP contribution in [0.2, 0.25) is 0 Å². The van der Waals surface area contributed by atoms with Gasteiger partial charge in [-0.2, -0.15) is 0 Å². The monoisotopic (exact) mass is 292 g/mol. The molecule has 1 rings (SSSR count). The number of benzene rings is 1. The minimum atomic E-state index is -0.484. The average Bonchev–Trinajstić information content (AvgIpc) is 2.45. The summed E-state index contributed by atoms with van der Waals surface area (Å²) in [5, 5.41) is 0. The number of ether oxygens (including phenoxy) is 3. The fourth-order valence-electron chi connectivity index (χ4n) is 1.42. The molecule has 21 heavy (non-hydrogen) atoms. The second-order valence-corrected chi connectivity index (χ2v) is 4.62. The zero-order valence-electron chi connectivity index (χ0n) is 12.5. The first kappa shape index (κ1) is 16.8. The lowest BCUT2D eigenvalue weighted by Gasteiger charge is -2.06. The van der Waals surface area contributed by atoms with Crippen molar-refractivity contribution in [3.63, 3.8) is 0 Å². The van der Waals surface area contributed by atoms with E-state index < -0.39 is 11.9 Å². The number of allylic oxidation sites excluding steroid dienone is 1. The quantitative estimate of drug-likeness (QED) is 0.439. The van der Waals surface area contributed by atoms with Gasteiger partial charge in [0.05, 0.1) is 20.0 Å². The van der Waals surface area contributed by atoms with Crippen LogP contribution in [-0.2, 0) is 14.3 Å². The van der Waals surface area contributed by atoms with Gasteiger partial charge in [-0.3, -0.25) is 9.59 Å². The third-order valence-electron chi connectivity index (χ3n) is 2.54. The fourth-order valence-corrected chi connectivity index (χ4v) is 1.42. The van der Waals surface area contributed by atoms with Crippen LogP contribution in [0.3, 0.4) is 0 Å². The summed E-state index contributed by atoms with van der Waals surface area (Å²) in [7, 11) is 1.53. The molecule has 0 amide bonds. The lowest BCUT2D eigenvalue weighted by atomic mass is 10.3. The Morgan fingerprint density at radius 2 is 1.76 bits per heavy atom. The molecule has 0 aliphatic carbocycles. The van der Waals surface area contributed by atoms with E-state index in [2.05, 4.69) is 0 Å². The fraction of sp³-hybridized carbons (Fsp3) is 0.375. The van der Waals surface area contributed by atoms with Gasteiger partial charge in [0.2, 0.25) is 0 Å². The van der Waals surface area contributed by atoms with Crippen molar-refractivity contribution in [2.75, 3.05) is 13.7 Å². The van der Waals surface area contributed by atoms with Crippen LogP contribution in [0.25, 0.3) is 0 Å². The minimum absolute atomic E-state index is 0.000592. The molecule has 1 aromatic rings. The van der Waals surface area contributed by atoms with E-state index in [1.807, 2.05) is 13.8 Å². The average molecular weight is 292 g/mol. The molecule has 0 aromatic heterocycles. The van der Waals surface area contributed by atoms with Gasteiger partial charge in [0.25, 0.3) is 0 Å². The maximum absolute atomic E-state index is 11.6. The number of carbonyl (C=O) groups is 2. The van der Waals surface area contributed by atoms with Gasteiger partial charge in [0.15, 0.2) is 0 Å². The standard InChI is InChI=1S/C16H20O5/c1-12(2)9-10-20-15(17)7-8-16(18)21-14-6-4-5-13(11-14)19-3/h4-6,9,11H,7-8,10H2,1-3H3. The Bertz CT molecular complexity index is 515. The van der Waals surface area contributed by atoms with Crippen molar-refractivity contribution in [2.24, 2.45) is 0 Å². The second-order valence-electron chi connectivity index (χ2n) is 4.62. The van der Waals surface area contributed by atoms with Gasteiger partial charge in [0, 0.05) is 6.07 Å². The highest BCUT2D eigenvalue weighted by molar-refractivity contribution is 5.79. The van der Waals surface area contributed by atoms with Crippen LogP contribution in [0.4, 0.5) is 0 Å². The lowest BCUT2D eigenvalue weighted by Crippen LogP contribution is -2.12. The Morgan fingerprint density at radius 1 is 1.10 bits per heavy atom. The number of carbonyl (C=O) groups excluding carboxylic acids is 2. The zero-order valence-corrected chi connectivity index (χ0v) is 12.5. The molecular formula is C16H20O5. The molecule has 1 aromatic carbocycles. The van der Waals surface area contributed by atoms with E-state index in [4.69, 9.17) is 14.2 Å². The van der Waals surface area contributed by atoms with Crippen molar-refractivity contribution in [3.8, 4) is 11.5 Å². The van der Waals surface area contributed by atoms with Crippen LogP contribution in [0, 0.1) is 0 Å². The first-order valence-corrected chi connectivity index (χ1v) is 6.65. The van der Waals surface area contributed by atoms with Crippen molar-refractivity contribution >= 4 is 11.9 Å². The highest BCUT2D eigenvalue weighted by atomic mass is 16.5. The smallest absolute Gasteiger partial charge is 0.311 e. The molecule has 5 heteroatoms. The number of esters is 2. The summed E-state index contributed by atoms with van der Waals surface area (Å²) in [6.07, 6.45) is 1.77. The van der Waals surface area contributed by atoms with Crippen LogP contribution in [0.1, 0.15) is 26.7 Å². The maximum Gasteiger partial charge on any atom is 0.311 e. The minimum Gasteiger partial charge on any atom is -0.497 e. The molecule has 0 saturated carbocycles. The normalized spacial score (nSPS) is 9.67. The Balaban J connectivity index is 2.33. The van der Waals surface area contributed by atoms with Gasteiger partial charge < -0.3 is 14.2 Å². The second kappa shape index (κ2) is 8.79.